The van der Waals surface area contributed by atoms with Crippen LogP contribution in [0, 0.1) is 13.8 Å². The predicted molar refractivity (Wildman–Crippen MR) is 91.1 cm³/mol. The van der Waals surface area contributed by atoms with Gasteiger partial charge >= 0.3 is 0 Å². The van der Waals surface area contributed by atoms with Gasteiger partial charge in [0.25, 0.3) is 0 Å². The zero-order chi connectivity index (χ0) is 17.7. The highest BCUT2D eigenvalue weighted by Gasteiger charge is 2.13. The Bertz CT molecular complexity index is 743. The van der Waals surface area contributed by atoms with Crippen LogP contribution in [0.4, 0.5) is 0 Å². The number of hydrogen-bond acceptors (Lipinski definition) is 6. The molecule has 24 heavy (non-hydrogen) atoms. The second kappa shape index (κ2) is 7.91. The fraction of sp³-hybridized carbons (Fsp3) is 0.400. The van der Waals surface area contributed by atoms with Crippen LogP contribution >= 0.6 is 11.8 Å². The van der Waals surface area contributed by atoms with Gasteiger partial charge in [0.05, 0.1) is 18.0 Å². The molecule has 0 fully saturated rings. The summed E-state index contributed by atoms with van der Waals surface area (Å²) in [6.07, 6.45) is 0. The highest BCUT2D eigenvalue weighted by molar-refractivity contribution is 7.99. The first kappa shape index (κ1) is 17.9. The van der Waals surface area contributed by atoms with Crippen molar-refractivity contribution in [1.29, 1.82) is 0 Å². The first-order chi connectivity index (χ1) is 11.4. The van der Waals surface area contributed by atoms with Crippen LogP contribution in [0.25, 0.3) is 5.69 Å². The summed E-state index contributed by atoms with van der Waals surface area (Å²) in [5, 5.41) is 14.7. The number of benzene rings is 1. The Morgan fingerprint density at radius 2 is 2.00 bits per heavy atom. The van der Waals surface area contributed by atoms with E-state index in [1.807, 2.05) is 32.0 Å². The van der Waals surface area contributed by atoms with E-state index in [9.17, 15) is 9.59 Å². The second-order valence-corrected chi connectivity index (χ2v) is 6.44. The average molecular weight is 348 g/mol. The average Bonchev–Trinajstić information content (AvgIpc) is 3.01. The van der Waals surface area contributed by atoms with Crippen molar-refractivity contribution in [2.45, 2.75) is 19.0 Å². The Morgan fingerprint density at radius 3 is 2.67 bits per heavy atom. The van der Waals surface area contributed by atoms with Crippen molar-refractivity contribution in [3.8, 4) is 5.69 Å². The van der Waals surface area contributed by atoms with Crippen molar-refractivity contribution >= 4 is 23.6 Å². The third-order valence-corrected chi connectivity index (χ3v) is 4.36. The van der Waals surface area contributed by atoms with Gasteiger partial charge < -0.3 is 10.2 Å². The van der Waals surface area contributed by atoms with E-state index in [0.717, 1.165) is 11.3 Å². The number of hydrogen-bond donors (Lipinski definition) is 1. The Morgan fingerprint density at radius 1 is 1.25 bits per heavy atom. The second-order valence-electron chi connectivity index (χ2n) is 5.50. The van der Waals surface area contributed by atoms with Crippen molar-refractivity contribution in [2.24, 2.45) is 0 Å². The number of aryl methyl sites for hydroxylation is 2. The topological polar surface area (TPSA) is 93.0 Å². The van der Waals surface area contributed by atoms with Crippen LogP contribution in [0.5, 0.6) is 0 Å². The number of aromatic nitrogens is 4. The van der Waals surface area contributed by atoms with Crippen LogP contribution in [-0.2, 0) is 9.59 Å². The molecule has 0 unspecified atom stereocenters. The minimum Gasteiger partial charge on any atom is -0.347 e. The minimum atomic E-state index is -0.246. The van der Waals surface area contributed by atoms with E-state index in [1.54, 1.807) is 18.8 Å². The molecule has 0 atom stereocenters. The summed E-state index contributed by atoms with van der Waals surface area (Å²) in [6, 6.07) is 5.92. The van der Waals surface area contributed by atoms with Crippen molar-refractivity contribution in [3.63, 3.8) is 0 Å². The van der Waals surface area contributed by atoms with Gasteiger partial charge in [0.15, 0.2) is 0 Å². The number of likely N-dealkylation sites (N-methyl/N-ethyl adjacent to an activating group) is 1. The van der Waals surface area contributed by atoms with Gasteiger partial charge in [-0.2, -0.15) is 4.68 Å². The zero-order valence-electron chi connectivity index (χ0n) is 14.1. The zero-order valence-corrected chi connectivity index (χ0v) is 14.9. The van der Waals surface area contributed by atoms with Crippen LogP contribution in [0.2, 0.25) is 0 Å². The highest BCUT2D eigenvalue weighted by Crippen LogP contribution is 2.19. The number of rotatable bonds is 6. The van der Waals surface area contributed by atoms with Gasteiger partial charge in [-0.25, -0.2) is 0 Å². The molecule has 0 radical (unpaired) electrons. The molecule has 0 bridgehead atoms. The van der Waals surface area contributed by atoms with Gasteiger partial charge in [-0.1, -0.05) is 17.8 Å². The summed E-state index contributed by atoms with van der Waals surface area (Å²) in [4.78, 5) is 24.7. The van der Waals surface area contributed by atoms with E-state index in [2.05, 4.69) is 20.8 Å². The number of carbonyl (C=O) groups is 2. The lowest BCUT2D eigenvalue weighted by Crippen LogP contribution is -2.37. The van der Waals surface area contributed by atoms with E-state index in [0.29, 0.717) is 5.16 Å². The lowest BCUT2D eigenvalue weighted by molar-refractivity contribution is -0.130. The molecule has 1 heterocycles. The Kier molecular flexibility index (Phi) is 5.91. The van der Waals surface area contributed by atoms with E-state index in [-0.39, 0.29) is 24.1 Å². The molecule has 0 aliphatic carbocycles. The van der Waals surface area contributed by atoms with Gasteiger partial charge in [-0.15, -0.1) is 5.10 Å². The molecule has 2 aromatic rings. The molecule has 0 aliphatic heterocycles. The molecule has 8 nitrogen and oxygen atoms in total. The molecule has 1 aromatic heterocycles. The van der Waals surface area contributed by atoms with Crippen molar-refractivity contribution in [3.05, 3.63) is 29.3 Å². The smallest absolute Gasteiger partial charge is 0.241 e. The van der Waals surface area contributed by atoms with Crippen LogP contribution in [0.1, 0.15) is 11.1 Å². The molecule has 2 rings (SSSR count). The Labute approximate surface area is 144 Å². The predicted octanol–water partition coefficient (Wildman–Crippen LogP) is 0.576. The summed E-state index contributed by atoms with van der Waals surface area (Å²) in [5.41, 5.74) is 3.17. The Hall–Kier alpha value is -2.42. The van der Waals surface area contributed by atoms with Gasteiger partial charge in [0.2, 0.25) is 17.0 Å². The molecule has 2 amide bonds. The molecule has 0 saturated heterocycles. The van der Waals surface area contributed by atoms with Gasteiger partial charge in [0, 0.05) is 14.1 Å². The first-order valence-electron chi connectivity index (χ1n) is 7.34. The fourth-order valence-corrected chi connectivity index (χ4v) is 2.52. The molecule has 1 N–H and O–H groups in total. The van der Waals surface area contributed by atoms with Gasteiger partial charge in [-0.05, 0) is 47.5 Å². The summed E-state index contributed by atoms with van der Waals surface area (Å²) in [7, 11) is 3.28. The fourth-order valence-electron chi connectivity index (χ4n) is 1.80. The van der Waals surface area contributed by atoms with Gasteiger partial charge in [-0.3, -0.25) is 9.59 Å². The van der Waals surface area contributed by atoms with Gasteiger partial charge in [0.1, 0.15) is 0 Å². The molecule has 128 valence electrons. The lowest BCUT2D eigenvalue weighted by Gasteiger charge is -2.10. The number of nitrogens with zero attached hydrogens (tertiary/aromatic N) is 5. The number of thioether (sulfide) groups is 1. The maximum Gasteiger partial charge on any atom is 0.241 e. The van der Waals surface area contributed by atoms with Crippen molar-refractivity contribution in [2.75, 3.05) is 26.4 Å². The molecule has 9 heteroatoms. The lowest BCUT2D eigenvalue weighted by atomic mass is 10.1. The molecule has 1 aromatic carbocycles. The molecular formula is C15H20N6O2S. The normalized spacial score (nSPS) is 10.5. The molecule has 0 spiro atoms. The van der Waals surface area contributed by atoms with Crippen molar-refractivity contribution < 1.29 is 9.59 Å². The quantitative estimate of drug-likeness (QED) is 0.768. The number of tetrazole rings is 1. The maximum absolute atomic E-state index is 11.8. The molecule has 0 saturated carbocycles. The minimum absolute atomic E-state index is 0.0194. The summed E-state index contributed by atoms with van der Waals surface area (Å²) in [6.45, 7) is 4.04. The summed E-state index contributed by atoms with van der Waals surface area (Å²) >= 11 is 1.22. The van der Waals surface area contributed by atoms with Crippen LogP contribution in [0.15, 0.2) is 23.4 Å². The van der Waals surface area contributed by atoms with Crippen LogP contribution < -0.4 is 5.32 Å². The van der Waals surface area contributed by atoms with E-state index < -0.39 is 0 Å². The molecular weight excluding hydrogens is 328 g/mol. The van der Waals surface area contributed by atoms with E-state index in [4.69, 9.17) is 0 Å². The first-order valence-corrected chi connectivity index (χ1v) is 8.32. The molecule has 0 aliphatic rings. The Balaban J connectivity index is 1.97. The monoisotopic (exact) mass is 348 g/mol. The van der Waals surface area contributed by atoms with E-state index >= 15 is 0 Å². The standard InChI is InChI=1S/C15H20N6O2S/c1-10-5-6-12(7-11(10)2)21-15(17-18-19-21)24-9-13(22)16-8-14(23)20(3)4/h5-7H,8-9H2,1-4H3,(H,16,22). The maximum atomic E-state index is 11.8. The SMILES string of the molecule is Cc1ccc(-n2nnnc2SCC(=O)NCC(=O)N(C)C)cc1C. The summed E-state index contributed by atoms with van der Waals surface area (Å²) in [5.74, 6) is -0.274. The number of carbonyl (C=O) groups excluding carboxylic acids is 2. The van der Waals surface area contributed by atoms with E-state index in [1.165, 1.54) is 22.2 Å². The largest absolute Gasteiger partial charge is 0.347 e. The van der Waals surface area contributed by atoms with Crippen LogP contribution in [0.3, 0.4) is 0 Å². The highest BCUT2D eigenvalue weighted by atomic mass is 32.2. The number of amides is 2. The number of nitrogens with one attached hydrogen (secondary N) is 1. The summed E-state index contributed by atoms with van der Waals surface area (Å²) < 4.78 is 1.59. The third-order valence-electron chi connectivity index (χ3n) is 3.44. The third kappa shape index (κ3) is 4.54. The van der Waals surface area contributed by atoms with Crippen LogP contribution in [-0.4, -0.2) is 63.3 Å². The van der Waals surface area contributed by atoms with Crippen molar-refractivity contribution in [1.82, 2.24) is 30.4 Å².